The van der Waals surface area contributed by atoms with Gasteiger partial charge in [0.25, 0.3) is 5.89 Å². The van der Waals surface area contributed by atoms with Crippen LogP contribution in [0.15, 0.2) is 22.7 Å². The fraction of sp³-hybridized carbons (Fsp3) is 0.412. The fourth-order valence-electron chi connectivity index (χ4n) is 1.93. The molecule has 8 nitrogen and oxygen atoms in total. The summed E-state index contributed by atoms with van der Waals surface area (Å²) in [6, 6.07) is 4.78. The average Bonchev–Trinajstić information content (AvgIpc) is 3.03. The first-order chi connectivity index (χ1) is 11.8. The molecule has 0 aliphatic heterocycles. The number of amides is 2. The van der Waals surface area contributed by atoms with Crippen molar-refractivity contribution < 1.29 is 18.8 Å². The number of rotatable bonds is 5. The SMILES string of the molecule is Cc1ccc(NC(=O)N(C)C)c(C(=O)OCc2nc(C(C)C)no2)c1. The third-order valence-electron chi connectivity index (χ3n) is 3.37. The number of ether oxygens (including phenoxy) is 1. The zero-order valence-electron chi connectivity index (χ0n) is 15.0. The van der Waals surface area contributed by atoms with E-state index in [2.05, 4.69) is 15.5 Å². The standard InChI is InChI=1S/C17H22N4O4/c1-10(2)15-19-14(25-20-15)9-24-16(22)12-8-11(3)6-7-13(12)18-17(23)21(4)5/h6-8,10H,9H2,1-5H3,(H,18,23). The zero-order valence-corrected chi connectivity index (χ0v) is 15.0. The molecular weight excluding hydrogens is 324 g/mol. The van der Waals surface area contributed by atoms with Gasteiger partial charge < -0.3 is 19.5 Å². The molecule has 0 aliphatic rings. The summed E-state index contributed by atoms with van der Waals surface area (Å²) in [5, 5.41) is 6.49. The van der Waals surface area contributed by atoms with Crippen LogP contribution in [-0.4, -0.2) is 41.1 Å². The number of nitrogens with zero attached hydrogens (tertiary/aromatic N) is 3. The van der Waals surface area contributed by atoms with Gasteiger partial charge in [-0.1, -0.05) is 30.6 Å². The molecule has 0 radical (unpaired) electrons. The van der Waals surface area contributed by atoms with Crippen LogP contribution in [0.25, 0.3) is 0 Å². The van der Waals surface area contributed by atoms with Crippen LogP contribution in [0.3, 0.4) is 0 Å². The van der Waals surface area contributed by atoms with Crippen LogP contribution in [0.1, 0.15) is 47.4 Å². The summed E-state index contributed by atoms with van der Waals surface area (Å²) in [6.07, 6.45) is 0. The Kier molecular flexibility index (Phi) is 5.74. The maximum absolute atomic E-state index is 12.4. The highest BCUT2D eigenvalue weighted by Gasteiger charge is 2.18. The largest absolute Gasteiger partial charge is 0.452 e. The maximum Gasteiger partial charge on any atom is 0.340 e. The van der Waals surface area contributed by atoms with E-state index in [9.17, 15) is 9.59 Å². The van der Waals surface area contributed by atoms with Crippen molar-refractivity contribution in [1.29, 1.82) is 0 Å². The molecule has 0 fully saturated rings. The van der Waals surface area contributed by atoms with Gasteiger partial charge in [-0.3, -0.25) is 0 Å². The molecule has 134 valence electrons. The molecule has 0 saturated carbocycles. The van der Waals surface area contributed by atoms with Gasteiger partial charge in [0.1, 0.15) is 0 Å². The zero-order chi connectivity index (χ0) is 18.6. The van der Waals surface area contributed by atoms with Crippen LogP contribution in [0.2, 0.25) is 0 Å². The van der Waals surface area contributed by atoms with E-state index in [-0.39, 0.29) is 30.0 Å². The lowest BCUT2D eigenvalue weighted by atomic mass is 10.1. The van der Waals surface area contributed by atoms with Gasteiger partial charge in [-0.05, 0) is 19.1 Å². The lowest BCUT2D eigenvalue weighted by Crippen LogP contribution is -2.28. The number of esters is 1. The quantitative estimate of drug-likeness (QED) is 0.836. The number of urea groups is 1. The fourth-order valence-corrected chi connectivity index (χ4v) is 1.93. The Morgan fingerprint density at radius 3 is 2.64 bits per heavy atom. The third-order valence-corrected chi connectivity index (χ3v) is 3.37. The van der Waals surface area contributed by atoms with Crippen molar-refractivity contribution in [1.82, 2.24) is 15.0 Å². The van der Waals surface area contributed by atoms with E-state index in [0.29, 0.717) is 11.5 Å². The number of anilines is 1. The van der Waals surface area contributed by atoms with E-state index in [1.807, 2.05) is 20.8 Å². The van der Waals surface area contributed by atoms with E-state index in [1.165, 1.54) is 4.90 Å². The molecule has 0 bridgehead atoms. The highest BCUT2D eigenvalue weighted by Crippen LogP contribution is 2.20. The molecule has 2 aromatic rings. The minimum absolute atomic E-state index is 0.123. The molecule has 2 amide bonds. The van der Waals surface area contributed by atoms with Gasteiger partial charge in [-0.15, -0.1) is 0 Å². The molecule has 1 N–H and O–H groups in total. The maximum atomic E-state index is 12.4. The number of nitrogens with one attached hydrogen (secondary N) is 1. The summed E-state index contributed by atoms with van der Waals surface area (Å²) in [6.45, 7) is 5.59. The van der Waals surface area contributed by atoms with E-state index in [4.69, 9.17) is 9.26 Å². The third kappa shape index (κ3) is 4.79. The Bertz CT molecular complexity index is 768. The number of carbonyl (C=O) groups excluding carboxylic acids is 2. The Hall–Kier alpha value is -2.90. The first kappa shape index (κ1) is 18.4. The van der Waals surface area contributed by atoms with Gasteiger partial charge in [-0.2, -0.15) is 4.98 Å². The average molecular weight is 346 g/mol. The van der Waals surface area contributed by atoms with Crippen molar-refractivity contribution in [2.45, 2.75) is 33.3 Å². The Balaban J connectivity index is 2.11. The summed E-state index contributed by atoms with van der Waals surface area (Å²) in [4.78, 5) is 29.8. The summed E-state index contributed by atoms with van der Waals surface area (Å²) >= 11 is 0. The topological polar surface area (TPSA) is 97.6 Å². The first-order valence-corrected chi connectivity index (χ1v) is 7.86. The van der Waals surface area contributed by atoms with Crippen molar-refractivity contribution in [3.05, 3.63) is 41.0 Å². The summed E-state index contributed by atoms with van der Waals surface area (Å²) in [5.74, 6) is 0.323. The number of aryl methyl sites for hydroxylation is 1. The van der Waals surface area contributed by atoms with Gasteiger partial charge >= 0.3 is 12.0 Å². The van der Waals surface area contributed by atoms with Crippen LogP contribution in [-0.2, 0) is 11.3 Å². The molecule has 0 saturated heterocycles. The van der Waals surface area contributed by atoms with Crippen molar-refractivity contribution >= 4 is 17.7 Å². The Labute approximate surface area is 146 Å². The molecule has 1 aromatic heterocycles. The number of hydrogen-bond acceptors (Lipinski definition) is 6. The first-order valence-electron chi connectivity index (χ1n) is 7.86. The van der Waals surface area contributed by atoms with Crippen molar-refractivity contribution in [3.63, 3.8) is 0 Å². The molecule has 25 heavy (non-hydrogen) atoms. The number of carbonyl (C=O) groups is 2. The molecule has 0 spiro atoms. The van der Waals surface area contributed by atoms with Gasteiger partial charge in [0.05, 0.1) is 11.3 Å². The number of aromatic nitrogens is 2. The second-order valence-electron chi connectivity index (χ2n) is 6.15. The minimum atomic E-state index is -0.581. The molecule has 0 unspecified atom stereocenters. The Morgan fingerprint density at radius 1 is 1.32 bits per heavy atom. The summed E-state index contributed by atoms with van der Waals surface area (Å²) in [5.41, 5.74) is 1.51. The van der Waals surface area contributed by atoms with E-state index in [0.717, 1.165) is 5.56 Å². The second-order valence-corrected chi connectivity index (χ2v) is 6.15. The predicted molar refractivity (Wildman–Crippen MR) is 91.4 cm³/mol. The Morgan fingerprint density at radius 2 is 2.04 bits per heavy atom. The second kappa shape index (κ2) is 7.78. The number of hydrogen-bond donors (Lipinski definition) is 1. The van der Waals surface area contributed by atoms with Gasteiger partial charge in [0.15, 0.2) is 12.4 Å². The predicted octanol–water partition coefficient (Wildman–Crippen LogP) is 2.95. The summed E-state index contributed by atoms with van der Waals surface area (Å²) in [7, 11) is 3.23. The lowest BCUT2D eigenvalue weighted by Gasteiger charge is -2.15. The van der Waals surface area contributed by atoms with Crippen molar-refractivity contribution in [2.75, 3.05) is 19.4 Å². The van der Waals surface area contributed by atoms with Crippen LogP contribution in [0, 0.1) is 6.92 Å². The van der Waals surface area contributed by atoms with Crippen LogP contribution < -0.4 is 5.32 Å². The highest BCUT2D eigenvalue weighted by molar-refractivity contribution is 6.00. The van der Waals surface area contributed by atoms with Crippen molar-refractivity contribution in [2.24, 2.45) is 0 Å². The van der Waals surface area contributed by atoms with Gasteiger partial charge in [0, 0.05) is 20.0 Å². The van der Waals surface area contributed by atoms with Crippen LogP contribution in [0.4, 0.5) is 10.5 Å². The lowest BCUT2D eigenvalue weighted by molar-refractivity contribution is 0.0431. The van der Waals surface area contributed by atoms with Gasteiger partial charge in [0.2, 0.25) is 0 Å². The van der Waals surface area contributed by atoms with E-state index < -0.39 is 5.97 Å². The van der Waals surface area contributed by atoms with Crippen molar-refractivity contribution in [3.8, 4) is 0 Å². The molecule has 2 rings (SSSR count). The van der Waals surface area contributed by atoms with Crippen LogP contribution in [0.5, 0.6) is 0 Å². The van der Waals surface area contributed by atoms with Crippen LogP contribution >= 0.6 is 0 Å². The normalized spacial score (nSPS) is 10.6. The summed E-state index contributed by atoms with van der Waals surface area (Å²) < 4.78 is 10.3. The molecule has 1 aromatic carbocycles. The van der Waals surface area contributed by atoms with E-state index >= 15 is 0 Å². The minimum Gasteiger partial charge on any atom is -0.452 e. The smallest absolute Gasteiger partial charge is 0.340 e. The number of benzene rings is 1. The highest BCUT2D eigenvalue weighted by atomic mass is 16.6. The monoisotopic (exact) mass is 346 g/mol. The molecule has 8 heteroatoms. The van der Waals surface area contributed by atoms with Gasteiger partial charge in [-0.25, -0.2) is 9.59 Å². The molecular formula is C17H22N4O4. The molecule has 0 atom stereocenters. The molecule has 0 aliphatic carbocycles. The molecule has 1 heterocycles. The van der Waals surface area contributed by atoms with E-state index in [1.54, 1.807) is 32.3 Å².